The molecule has 1 saturated carbocycles. The topological polar surface area (TPSA) is 57.5 Å². The minimum atomic E-state index is -0.840. The summed E-state index contributed by atoms with van der Waals surface area (Å²) in [6.45, 7) is 0. The van der Waals surface area contributed by atoms with E-state index in [0.29, 0.717) is 5.92 Å². The molecule has 1 aliphatic carbocycles. The molecule has 2 N–H and O–H groups in total. The molecule has 0 bridgehead atoms. The van der Waals surface area contributed by atoms with Gasteiger partial charge in [-0.05, 0) is 29.9 Å². The van der Waals surface area contributed by atoms with Gasteiger partial charge < -0.3 is 10.2 Å². The van der Waals surface area contributed by atoms with Gasteiger partial charge in [-0.25, -0.2) is 0 Å². The first-order valence-electron chi connectivity index (χ1n) is 5.15. The number of benzene rings is 1. The summed E-state index contributed by atoms with van der Waals surface area (Å²) in [6, 6.07) is 7.22. The van der Waals surface area contributed by atoms with Crippen LogP contribution in [0.4, 0.5) is 0 Å². The predicted molar refractivity (Wildman–Crippen MR) is 55.5 cm³/mol. The number of rotatable bonds is 4. The molecule has 1 unspecified atom stereocenters. The summed E-state index contributed by atoms with van der Waals surface area (Å²) in [5, 5.41) is 18.5. The third-order valence-corrected chi connectivity index (χ3v) is 2.72. The van der Waals surface area contributed by atoms with E-state index in [1.165, 1.54) is 0 Å². The molecule has 3 nitrogen and oxygen atoms in total. The molecule has 1 atom stereocenters. The second kappa shape index (κ2) is 4.03. The predicted octanol–water partition coefficient (Wildman–Crippen LogP) is 1.76. The van der Waals surface area contributed by atoms with Crippen LogP contribution < -0.4 is 0 Å². The summed E-state index contributed by atoms with van der Waals surface area (Å²) in [4.78, 5) is 10.5. The maximum Gasteiger partial charge on any atom is 0.307 e. The van der Waals surface area contributed by atoms with Crippen LogP contribution >= 0.6 is 0 Å². The lowest BCUT2D eigenvalue weighted by atomic mass is 10.0. The summed E-state index contributed by atoms with van der Waals surface area (Å²) in [5.41, 5.74) is 1.59. The summed E-state index contributed by atoms with van der Waals surface area (Å²) in [6.07, 6.45) is 1.75. The van der Waals surface area contributed by atoms with Crippen LogP contribution in [0.2, 0.25) is 0 Å². The van der Waals surface area contributed by atoms with Gasteiger partial charge >= 0.3 is 5.97 Å². The molecule has 0 amide bonds. The zero-order valence-electron chi connectivity index (χ0n) is 8.39. The Labute approximate surface area is 88.4 Å². The monoisotopic (exact) mass is 206 g/mol. The first kappa shape index (κ1) is 10.2. The van der Waals surface area contributed by atoms with Crippen LogP contribution in [0.5, 0.6) is 0 Å². The van der Waals surface area contributed by atoms with Crippen molar-refractivity contribution in [3.63, 3.8) is 0 Å². The van der Waals surface area contributed by atoms with Gasteiger partial charge in [0.15, 0.2) is 0 Å². The maximum absolute atomic E-state index is 10.5. The molecule has 0 spiro atoms. The Kier molecular flexibility index (Phi) is 2.73. The molecule has 0 saturated heterocycles. The van der Waals surface area contributed by atoms with Gasteiger partial charge in [-0.1, -0.05) is 24.3 Å². The van der Waals surface area contributed by atoms with Crippen molar-refractivity contribution in [2.24, 2.45) is 5.92 Å². The van der Waals surface area contributed by atoms with Crippen LogP contribution in [0, 0.1) is 5.92 Å². The molecule has 3 heteroatoms. The number of aliphatic hydroxyl groups is 1. The lowest BCUT2D eigenvalue weighted by Gasteiger charge is -2.10. The Bertz CT molecular complexity index is 369. The number of hydrogen-bond donors (Lipinski definition) is 2. The SMILES string of the molecule is O=C(O)Cc1cccc(C(O)C2CC2)c1. The van der Waals surface area contributed by atoms with Gasteiger partial charge in [0.1, 0.15) is 0 Å². The molecule has 1 aromatic carbocycles. The van der Waals surface area contributed by atoms with E-state index in [9.17, 15) is 9.90 Å². The first-order valence-corrected chi connectivity index (χ1v) is 5.15. The molecular formula is C12H14O3. The van der Waals surface area contributed by atoms with E-state index in [1.807, 2.05) is 6.07 Å². The lowest BCUT2D eigenvalue weighted by molar-refractivity contribution is -0.136. The largest absolute Gasteiger partial charge is 0.481 e. The van der Waals surface area contributed by atoms with Crippen LogP contribution in [0.1, 0.15) is 30.1 Å². The van der Waals surface area contributed by atoms with Crippen molar-refractivity contribution in [2.45, 2.75) is 25.4 Å². The minimum absolute atomic E-state index is 0.0191. The Morgan fingerprint density at radius 1 is 1.47 bits per heavy atom. The van der Waals surface area contributed by atoms with Crippen LogP contribution in [0.25, 0.3) is 0 Å². The van der Waals surface area contributed by atoms with E-state index in [-0.39, 0.29) is 6.42 Å². The molecule has 0 radical (unpaired) electrons. The number of aliphatic hydroxyl groups excluding tert-OH is 1. The molecule has 1 aromatic rings. The Balaban J connectivity index is 2.14. The van der Waals surface area contributed by atoms with E-state index < -0.39 is 12.1 Å². The highest BCUT2D eigenvalue weighted by atomic mass is 16.4. The van der Waals surface area contributed by atoms with Crippen molar-refractivity contribution in [3.8, 4) is 0 Å². The number of hydrogen-bond acceptors (Lipinski definition) is 2. The maximum atomic E-state index is 10.5. The highest BCUT2D eigenvalue weighted by Gasteiger charge is 2.30. The zero-order chi connectivity index (χ0) is 10.8. The Morgan fingerprint density at radius 2 is 2.20 bits per heavy atom. The van der Waals surface area contributed by atoms with Crippen LogP contribution in [0.15, 0.2) is 24.3 Å². The van der Waals surface area contributed by atoms with Gasteiger partial charge in [-0.15, -0.1) is 0 Å². The van der Waals surface area contributed by atoms with Crippen molar-refractivity contribution < 1.29 is 15.0 Å². The fraction of sp³-hybridized carbons (Fsp3) is 0.417. The fourth-order valence-electron chi connectivity index (χ4n) is 1.75. The van der Waals surface area contributed by atoms with Crippen molar-refractivity contribution in [2.75, 3.05) is 0 Å². The highest BCUT2D eigenvalue weighted by molar-refractivity contribution is 5.70. The number of aliphatic carboxylic acids is 1. The number of carboxylic acid groups (broad SMARTS) is 1. The molecule has 1 aliphatic rings. The highest BCUT2D eigenvalue weighted by Crippen LogP contribution is 2.40. The molecule has 0 aliphatic heterocycles. The van der Waals surface area contributed by atoms with Gasteiger partial charge in [0.25, 0.3) is 0 Å². The van der Waals surface area contributed by atoms with Gasteiger partial charge in [-0.2, -0.15) is 0 Å². The van der Waals surface area contributed by atoms with Gasteiger partial charge in [-0.3, -0.25) is 4.79 Å². The summed E-state index contributed by atoms with van der Waals surface area (Å²) in [5.74, 6) is -0.460. The van der Waals surface area contributed by atoms with Crippen molar-refractivity contribution in [3.05, 3.63) is 35.4 Å². The second-order valence-corrected chi connectivity index (χ2v) is 4.10. The van der Waals surface area contributed by atoms with E-state index in [4.69, 9.17) is 5.11 Å². The molecule has 0 heterocycles. The Morgan fingerprint density at radius 3 is 2.80 bits per heavy atom. The smallest absolute Gasteiger partial charge is 0.307 e. The molecular weight excluding hydrogens is 192 g/mol. The van der Waals surface area contributed by atoms with Gasteiger partial charge in [0, 0.05) is 0 Å². The minimum Gasteiger partial charge on any atom is -0.481 e. The third kappa shape index (κ3) is 2.57. The average Bonchev–Trinajstić information content (AvgIpc) is 2.99. The molecule has 0 aromatic heterocycles. The van der Waals surface area contributed by atoms with Crippen molar-refractivity contribution in [1.29, 1.82) is 0 Å². The van der Waals surface area contributed by atoms with Crippen molar-refractivity contribution >= 4 is 5.97 Å². The van der Waals surface area contributed by atoms with E-state index in [2.05, 4.69) is 0 Å². The summed E-state index contributed by atoms with van der Waals surface area (Å²) < 4.78 is 0. The Hall–Kier alpha value is -1.35. The molecule has 1 fully saturated rings. The van der Waals surface area contributed by atoms with E-state index >= 15 is 0 Å². The quantitative estimate of drug-likeness (QED) is 0.789. The van der Waals surface area contributed by atoms with E-state index in [0.717, 1.165) is 24.0 Å². The van der Waals surface area contributed by atoms with Crippen molar-refractivity contribution in [1.82, 2.24) is 0 Å². The fourth-order valence-corrected chi connectivity index (χ4v) is 1.75. The zero-order valence-corrected chi connectivity index (χ0v) is 8.39. The summed E-state index contributed by atoms with van der Waals surface area (Å²) >= 11 is 0. The number of carboxylic acids is 1. The van der Waals surface area contributed by atoms with E-state index in [1.54, 1.807) is 18.2 Å². The standard InChI is InChI=1S/C12H14O3/c13-11(14)7-8-2-1-3-10(6-8)12(15)9-4-5-9/h1-3,6,9,12,15H,4-5,7H2,(H,13,14). The summed E-state index contributed by atoms with van der Waals surface area (Å²) in [7, 11) is 0. The molecule has 15 heavy (non-hydrogen) atoms. The molecule has 80 valence electrons. The van der Waals surface area contributed by atoms with Crippen LogP contribution in [-0.2, 0) is 11.2 Å². The van der Waals surface area contributed by atoms with Gasteiger partial charge in [0.05, 0.1) is 12.5 Å². The number of carbonyl (C=O) groups is 1. The van der Waals surface area contributed by atoms with Gasteiger partial charge in [0.2, 0.25) is 0 Å². The first-order chi connectivity index (χ1) is 7.16. The molecule has 2 rings (SSSR count). The third-order valence-electron chi connectivity index (χ3n) is 2.72. The normalized spacial score (nSPS) is 17.4. The lowest BCUT2D eigenvalue weighted by Crippen LogP contribution is -2.03. The second-order valence-electron chi connectivity index (χ2n) is 4.10. The average molecular weight is 206 g/mol. The van der Waals surface area contributed by atoms with Crippen LogP contribution in [-0.4, -0.2) is 16.2 Å². The van der Waals surface area contributed by atoms with Crippen LogP contribution in [0.3, 0.4) is 0 Å².